The molecule has 2 aliphatic heterocycles. The Bertz CT molecular complexity index is 4010. The van der Waals surface area contributed by atoms with E-state index in [-0.39, 0.29) is 39.2 Å². The van der Waals surface area contributed by atoms with Gasteiger partial charge >= 0.3 is 0 Å². The summed E-state index contributed by atoms with van der Waals surface area (Å²) >= 11 is 0. The van der Waals surface area contributed by atoms with E-state index in [1.807, 2.05) is 24.3 Å². The number of para-hydroxylation sites is 2. The molecule has 80 heavy (non-hydrogen) atoms. The second-order valence-electron chi connectivity index (χ2n) is 29.6. The minimum absolute atomic E-state index is 0.0194. The van der Waals surface area contributed by atoms with Crippen molar-refractivity contribution in [2.45, 2.75) is 199 Å². The zero-order valence-corrected chi connectivity index (χ0v) is 50.3. The molecule has 5 heteroatoms. The lowest BCUT2D eigenvalue weighted by atomic mass is 9.35. The van der Waals surface area contributed by atoms with E-state index in [0.717, 1.165) is 108 Å². The van der Waals surface area contributed by atoms with Gasteiger partial charge in [-0.3, -0.25) is 0 Å². The molecule has 0 saturated heterocycles. The fourth-order valence-corrected chi connectivity index (χ4v) is 16.0. The molecule has 0 N–H and O–H groups in total. The van der Waals surface area contributed by atoms with Gasteiger partial charge in [0, 0.05) is 49.3 Å². The van der Waals surface area contributed by atoms with E-state index in [4.69, 9.17) is 8.53 Å². The Hall–Kier alpha value is -6.46. The summed E-state index contributed by atoms with van der Waals surface area (Å²) in [6, 6.07) is 47.8. The molecule has 8 aromatic rings. The van der Waals surface area contributed by atoms with E-state index >= 15 is 0 Å². The molecule has 0 amide bonds. The van der Waals surface area contributed by atoms with Crippen LogP contribution in [0.5, 0.6) is 0 Å². The molecule has 0 bridgehead atoms. The molecule has 2 unspecified atom stereocenters. The lowest BCUT2D eigenvalue weighted by molar-refractivity contribution is 0.332. The predicted molar refractivity (Wildman–Crippen MR) is 342 cm³/mol. The normalized spacial score (nSPS) is 22.5. The lowest BCUT2D eigenvalue weighted by Gasteiger charge is -2.47. The van der Waals surface area contributed by atoms with Gasteiger partial charge in [-0.15, -0.1) is 0 Å². The summed E-state index contributed by atoms with van der Waals surface area (Å²) in [6.07, 6.45) is 8.97. The van der Waals surface area contributed by atoms with Crippen molar-refractivity contribution in [2.75, 3.05) is 14.7 Å². The molecule has 7 aromatic carbocycles. The molecule has 0 spiro atoms. The number of hydrogen-bond donors (Lipinski definition) is 0. The van der Waals surface area contributed by atoms with Crippen LogP contribution in [0.2, 0.25) is 0 Å². The minimum atomic E-state index is -2.39. The summed E-state index contributed by atoms with van der Waals surface area (Å²) in [5.41, 5.74) is 24.9. The molecule has 0 saturated carbocycles. The van der Waals surface area contributed by atoms with Gasteiger partial charge in [0.05, 0.1) is 17.0 Å². The number of fused-ring (bicyclic) bond motifs is 10. The average Bonchev–Trinajstić information content (AvgIpc) is 1.86. The molecule has 4 aliphatic carbocycles. The van der Waals surface area contributed by atoms with Crippen molar-refractivity contribution in [1.29, 1.82) is 0 Å². The molecule has 0 fully saturated rings. The van der Waals surface area contributed by atoms with Gasteiger partial charge in [0.25, 0.3) is 6.71 Å². The highest BCUT2D eigenvalue weighted by Gasteiger charge is 2.51. The quantitative estimate of drug-likeness (QED) is 0.160. The fourth-order valence-electron chi connectivity index (χ4n) is 16.0. The SMILES string of the molecule is [2H]C([2H])([2H])c1ccccc1N(c1ccccc1)c1cc2c3c(c1)N(c1ccc4c(c1)C(C)(C)CCC4(C)C)c1c(oc4cc5c(cc14)C(C)CCC5C)B3c1cc3c(cc1N2c1ccc2c(c1)C(C)(C)CCC2(C)C)C(C)(C)CCC3(C)C. The monoisotopic (exact) mass is 1060 g/mol. The van der Waals surface area contributed by atoms with Gasteiger partial charge in [-0.25, -0.2) is 0 Å². The zero-order chi connectivity index (χ0) is 58.5. The second-order valence-corrected chi connectivity index (χ2v) is 29.6. The maximum Gasteiger partial charge on any atom is 0.297 e. The number of anilines is 9. The Morgan fingerprint density at radius 3 is 1.55 bits per heavy atom. The van der Waals surface area contributed by atoms with Gasteiger partial charge in [0.1, 0.15) is 5.58 Å². The summed E-state index contributed by atoms with van der Waals surface area (Å²) in [5.74, 6) is 0.841. The molecule has 14 rings (SSSR count). The third-order valence-electron chi connectivity index (χ3n) is 21.5. The maximum atomic E-state index is 9.09. The van der Waals surface area contributed by atoms with Crippen molar-refractivity contribution in [2.24, 2.45) is 0 Å². The van der Waals surface area contributed by atoms with Crippen molar-refractivity contribution < 1.29 is 8.53 Å². The van der Waals surface area contributed by atoms with E-state index in [2.05, 4.69) is 209 Å². The first kappa shape index (κ1) is 48.3. The Balaban J connectivity index is 1.17. The molecule has 408 valence electrons. The van der Waals surface area contributed by atoms with Crippen LogP contribution < -0.4 is 31.3 Å². The highest BCUT2D eigenvalue weighted by atomic mass is 16.3. The predicted octanol–water partition coefficient (Wildman–Crippen LogP) is 19.3. The van der Waals surface area contributed by atoms with Crippen LogP contribution in [0, 0.1) is 6.85 Å². The van der Waals surface area contributed by atoms with Crippen molar-refractivity contribution in [3.63, 3.8) is 0 Å². The molecular weight excluding hydrogens is 970 g/mol. The van der Waals surface area contributed by atoms with Gasteiger partial charge < -0.3 is 19.1 Å². The minimum Gasteiger partial charge on any atom is -0.468 e. The van der Waals surface area contributed by atoms with Gasteiger partial charge in [-0.2, -0.15) is 0 Å². The van der Waals surface area contributed by atoms with E-state index < -0.39 is 6.85 Å². The molecule has 6 aliphatic rings. The van der Waals surface area contributed by atoms with Crippen LogP contribution in [0.1, 0.15) is 214 Å². The number of nitrogens with zero attached hydrogens (tertiary/aromatic N) is 3. The molecule has 0 radical (unpaired) electrons. The van der Waals surface area contributed by atoms with Gasteiger partial charge in [-0.1, -0.05) is 152 Å². The van der Waals surface area contributed by atoms with Crippen LogP contribution in [-0.4, -0.2) is 6.71 Å². The van der Waals surface area contributed by atoms with Crippen LogP contribution in [-0.2, 0) is 32.5 Å². The first-order valence-corrected chi connectivity index (χ1v) is 30.4. The Morgan fingerprint density at radius 2 is 0.975 bits per heavy atom. The summed E-state index contributed by atoms with van der Waals surface area (Å²) in [4.78, 5) is 7.43. The van der Waals surface area contributed by atoms with Crippen molar-refractivity contribution in [3.05, 3.63) is 177 Å². The molecule has 2 atom stereocenters. The Labute approximate surface area is 483 Å². The summed E-state index contributed by atoms with van der Waals surface area (Å²) < 4.78 is 35.1. The van der Waals surface area contributed by atoms with Crippen molar-refractivity contribution >= 4 is 85.5 Å². The number of aryl methyl sites for hydroxylation is 1. The van der Waals surface area contributed by atoms with E-state index in [1.54, 1.807) is 6.07 Å². The summed E-state index contributed by atoms with van der Waals surface area (Å²) in [5, 5.41) is 1.14. The summed E-state index contributed by atoms with van der Waals surface area (Å²) in [7, 11) is 0. The molecule has 4 nitrogen and oxygen atoms in total. The first-order chi connectivity index (χ1) is 39.1. The van der Waals surface area contributed by atoms with Crippen molar-refractivity contribution in [3.8, 4) is 0 Å². The van der Waals surface area contributed by atoms with Crippen molar-refractivity contribution in [1.82, 2.24) is 0 Å². The van der Waals surface area contributed by atoms with Crippen LogP contribution in [0.15, 0.2) is 132 Å². The van der Waals surface area contributed by atoms with Gasteiger partial charge in [0.15, 0.2) is 0 Å². The number of furan rings is 1. The highest BCUT2D eigenvalue weighted by molar-refractivity contribution is 7.00. The first-order valence-electron chi connectivity index (χ1n) is 31.9. The average molecular weight is 1060 g/mol. The number of hydrogen-bond acceptors (Lipinski definition) is 4. The molecule has 3 heterocycles. The third-order valence-corrected chi connectivity index (χ3v) is 21.5. The standard InChI is InChI=1S/C75H84BN3O/c1-45-25-26-46(2)53-42-66-54(41-52(45)53)68-69(80-66)76-61-43-59-60(75(14,15)36-35-74(59,12)13)44-63(61)78(49-27-29-55-57(37-49)72(8,9)33-31-70(55,4)5)64-39-51(77(48-22-17-16-18-23-48)62-24-20-19-21-47(62)3)40-65(67(64)76)79(68)50-28-30-56-58(38-50)73(10,11)34-32-71(56,6)7/h16-24,27-30,37-46H,25-26,31-36H2,1-15H3/i3D3. The van der Waals surface area contributed by atoms with E-state index in [0.29, 0.717) is 23.1 Å². The third kappa shape index (κ3) is 7.59. The Morgan fingerprint density at radius 1 is 0.487 bits per heavy atom. The van der Waals surface area contributed by atoms with Crippen LogP contribution in [0.3, 0.4) is 0 Å². The largest absolute Gasteiger partial charge is 0.468 e. The Kier molecular flexibility index (Phi) is 10.4. The molecule has 1 aromatic heterocycles. The number of benzene rings is 7. The summed E-state index contributed by atoms with van der Waals surface area (Å²) in [6.45, 7) is 31.4. The maximum absolute atomic E-state index is 9.09. The zero-order valence-electron chi connectivity index (χ0n) is 53.3. The highest BCUT2D eigenvalue weighted by Crippen LogP contribution is 2.57. The lowest BCUT2D eigenvalue weighted by Crippen LogP contribution is -2.61. The van der Waals surface area contributed by atoms with E-state index in [9.17, 15) is 0 Å². The van der Waals surface area contributed by atoms with Crippen LogP contribution >= 0.6 is 0 Å². The fraction of sp³-hybridized carbons (Fsp3) is 0.413. The van der Waals surface area contributed by atoms with Crippen LogP contribution in [0.25, 0.3) is 11.0 Å². The van der Waals surface area contributed by atoms with Crippen LogP contribution in [0.4, 0.5) is 51.2 Å². The van der Waals surface area contributed by atoms with E-state index in [1.165, 1.54) is 61.1 Å². The molecular formula is C75H84BN3O. The van der Waals surface area contributed by atoms with Gasteiger partial charge in [-0.05, 0) is 236 Å². The smallest absolute Gasteiger partial charge is 0.297 e. The van der Waals surface area contributed by atoms with Gasteiger partial charge in [0.2, 0.25) is 0 Å². The number of rotatable bonds is 5. The second kappa shape index (κ2) is 17.3. The topological polar surface area (TPSA) is 22.9 Å².